The number of para-hydroxylation sites is 1. The van der Waals surface area contributed by atoms with Gasteiger partial charge in [-0.1, -0.05) is 18.2 Å². The van der Waals surface area contributed by atoms with Crippen molar-refractivity contribution in [1.82, 2.24) is 14.8 Å². The van der Waals surface area contributed by atoms with E-state index in [0.29, 0.717) is 29.7 Å². The summed E-state index contributed by atoms with van der Waals surface area (Å²) in [5, 5.41) is 0.765. The minimum Gasteiger partial charge on any atom is -0.341 e. The van der Waals surface area contributed by atoms with Gasteiger partial charge in [-0.15, -0.1) is 0 Å². The number of rotatable bonds is 3. The number of benzene rings is 2. The predicted molar refractivity (Wildman–Crippen MR) is 122 cm³/mol. The third-order valence-electron chi connectivity index (χ3n) is 6.55. The first-order valence-corrected chi connectivity index (χ1v) is 11.4. The molecule has 1 unspecified atom stereocenters. The highest BCUT2D eigenvalue weighted by Gasteiger charge is 2.36. The molecule has 3 aromatic rings. The monoisotopic (exact) mass is 431 g/mol. The van der Waals surface area contributed by atoms with Gasteiger partial charge in [0.2, 0.25) is 5.91 Å². The zero-order valence-electron chi connectivity index (χ0n) is 18.0. The number of likely N-dealkylation sites (tertiary alicyclic amines) is 2. The third-order valence-corrected chi connectivity index (χ3v) is 6.55. The number of piperidine rings is 1. The number of fused-ring (bicyclic) bond motifs is 1. The molecular formula is C26H26FN3O2. The van der Waals surface area contributed by atoms with E-state index in [-0.39, 0.29) is 17.6 Å². The molecule has 164 valence electrons. The number of carbonyl (C=O) groups is 2. The lowest BCUT2D eigenvalue weighted by atomic mass is 9.97. The van der Waals surface area contributed by atoms with Crippen LogP contribution in [0.2, 0.25) is 0 Å². The summed E-state index contributed by atoms with van der Waals surface area (Å²) in [4.78, 5) is 35.4. The fourth-order valence-corrected chi connectivity index (χ4v) is 4.86. The summed E-state index contributed by atoms with van der Waals surface area (Å²) >= 11 is 0. The van der Waals surface area contributed by atoms with Crippen LogP contribution in [0.4, 0.5) is 4.39 Å². The number of pyridine rings is 1. The van der Waals surface area contributed by atoms with E-state index in [1.54, 1.807) is 23.1 Å². The van der Waals surface area contributed by atoms with Crippen LogP contribution < -0.4 is 0 Å². The highest BCUT2D eigenvalue weighted by Crippen LogP contribution is 2.29. The molecule has 0 aliphatic carbocycles. The van der Waals surface area contributed by atoms with Crippen molar-refractivity contribution in [3.05, 3.63) is 66.0 Å². The van der Waals surface area contributed by atoms with Crippen LogP contribution in [0.1, 0.15) is 42.5 Å². The van der Waals surface area contributed by atoms with Gasteiger partial charge in [-0.25, -0.2) is 9.37 Å². The number of hydrogen-bond acceptors (Lipinski definition) is 3. The lowest BCUT2D eigenvalue weighted by Gasteiger charge is -2.37. The quantitative estimate of drug-likeness (QED) is 0.606. The maximum absolute atomic E-state index is 13.8. The lowest BCUT2D eigenvalue weighted by Crippen LogP contribution is -2.52. The topological polar surface area (TPSA) is 53.5 Å². The van der Waals surface area contributed by atoms with E-state index in [1.807, 2.05) is 29.2 Å². The second-order valence-corrected chi connectivity index (χ2v) is 8.62. The summed E-state index contributed by atoms with van der Waals surface area (Å²) < 4.78 is 13.4. The molecule has 0 bridgehead atoms. The summed E-state index contributed by atoms with van der Waals surface area (Å²) in [6.45, 7) is 2.14. The van der Waals surface area contributed by atoms with Gasteiger partial charge in [0.05, 0.1) is 16.8 Å². The largest absolute Gasteiger partial charge is 0.341 e. The molecule has 5 nitrogen and oxygen atoms in total. The fourth-order valence-electron chi connectivity index (χ4n) is 4.86. The molecule has 0 saturated carbocycles. The van der Waals surface area contributed by atoms with Crippen LogP contribution in [0.15, 0.2) is 54.6 Å². The molecule has 5 rings (SSSR count). The van der Waals surface area contributed by atoms with E-state index < -0.39 is 6.04 Å². The maximum Gasteiger partial charge on any atom is 0.255 e. The van der Waals surface area contributed by atoms with Crippen LogP contribution in [-0.4, -0.2) is 52.3 Å². The van der Waals surface area contributed by atoms with Crippen LogP contribution in [0.5, 0.6) is 0 Å². The molecule has 0 spiro atoms. The highest BCUT2D eigenvalue weighted by atomic mass is 19.1. The number of hydrogen-bond donors (Lipinski definition) is 0. The van der Waals surface area contributed by atoms with E-state index >= 15 is 0 Å². The molecule has 0 radical (unpaired) electrons. The zero-order valence-corrected chi connectivity index (χ0v) is 18.0. The summed E-state index contributed by atoms with van der Waals surface area (Å²) in [6, 6.07) is 15.0. The van der Waals surface area contributed by atoms with Crippen LogP contribution in [0, 0.1) is 5.82 Å². The zero-order chi connectivity index (χ0) is 22.1. The van der Waals surface area contributed by atoms with Crippen LogP contribution in [0.25, 0.3) is 22.2 Å². The lowest BCUT2D eigenvalue weighted by molar-refractivity contribution is -0.136. The predicted octanol–water partition coefficient (Wildman–Crippen LogP) is 4.66. The Morgan fingerprint density at radius 3 is 2.41 bits per heavy atom. The Hall–Kier alpha value is -3.28. The third kappa shape index (κ3) is 3.85. The first-order chi connectivity index (χ1) is 15.6. The van der Waals surface area contributed by atoms with Crippen LogP contribution in [0.3, 0.4) is 0 Å². The van der Waals surface area contributed by atoms with Gasteiger partial charge >= 0.3 is 0 Å². The summed E-state index contributed by atoms with van der Waals surface area (Å²) in [5.41, 5.74) is 2.61. The summed E-state index contributed by atoms with van der Waals surface area (Å²) in [5.74, 6) is -0.376. The molecule has 1 atom stereocenters. The van der Waals surface area contributed by atoms with Gasteiger partial charge in [0.15, 0.2) is 0 Å². The Morgan fingerprint density at radius 2 is 1.62 bits per heavy atom. The van der Waals surface area contributed by atoms with E-state index in [9.17, 15) is 14.0 Å². The molecule has 2 aromatic carbocycles. The van der Waals surface area contributed by atoms with E-state index in [2.05, 4.69) is 0 Å². The van der Waals surface area contributed by atoms with Crippen molar-refractivity contribution in [2.45, 2.75) is 38.1 Å². The van der Waals surface area contributed by atoms with Crippen molar-refractivity contribution in [1.29, 1.82) is 0 Å². The van der Waals surface area contributed by atoms with E-state index in [1.165, 1.54) is 12.1 Å². The molecule has 3 heterocycles. The Labute approximate surface area is 186 Å². The molecule has 0 N–H and O–H groups in total. The first-order valence-electron chi connectivity index (χ1n) is 11.4. The number of amides is 2. The second kappa shape index (κ2) is 8.69. The Bertz CT molecular complexity index is 1160. The van der Waals surface area contributed by atoms with Crippen molar-refractivity contribution < 1.29 is 14.0 Å². The number of nitrogens with zero attached hydrogens (tertiary/aromatic N) is 3. The molecular weight excluding hydrogens is 405 g/mol. The fraction of sp³-hybridized carbons (Fsp3) is 0.346. The summed E-state index contributed by atoms with van der Waals surface area (Å²) in [6.07, 6.45) is 4.61. The average molecular weight is 432 g/mol. The van der Waals surface area contributed by atoms with Gasteiger partial charge in [-0.05, 0) is 68.5 Å². The molecule has 2 aliphatic rings. The molecule has 32 heavy (non-hydrogen) atoms. The van der Waals surface area contributed by atoms with Crippen molar-refractivity contribution >= 4 is 22.7 Å². The number of carbonyl (C=O) groups excluding carboxylic acids is 2. The maximum atomic E-state index is 13.8. The Balaban J connectivity index is 1.55. The Kier molecular flexibility index (Phi) is 5.60. The highest BCUT2D eigenvalue weighted by molar-refractivity contribution is 6.08. The van der Waals surface area contributed by atoms with Gasteiger partial charge in [0.25, 0.3) is 5.91 Å². The van der Waals surface area contributed by atoms with Crippen molar-refractivity contribution in [3.8, 4) is 11.3 Å². The molecule has 1 aromatic heterocycles. The smallest absolute Gasteiger partial charge is 0.255 e. The summed E-state index contributed by atoms with van der Waals surface area (Å²) in [7, 11) is 0. The van der Waals surface area contributed by atoms with Crippen molar-refractivity contribution in [2.75, 3.05) is 19.6 Å². The number of halogens is 1. The van der Waals surface area contributed by atoms with E-state index in [4.69, 9.17) is 4.98 Å². The second-order valence-electron chi connectivity index (χ2n) is 8.62. The van der Waals surface area contributed by atoms with Crippen molar-refractivity contribution in [2.24, 2.45) is 0 Å². The number of aromatic nitrogens is 1. The first kappa shape index (κ1) is 20.6. The minimum absolute atomic E-state index is 0.0765. The van der Waals surface area contributed by atoms with Crippen molar-refractivity contribution in [3.63, 3.8) is 0 Å². The standard InChI is InChI=1S/C26H26FN3O2/c27-19-12-10-18(11-13-19)23-17-21(20-7-1-2-8-22(20)28-23)25(31)30-16-4-3-9-24(30)26(32)29-14-5-6-15-29/h1-2,7-8,10-13,17,24H,3-6,9,14-16H2. The molecule has 6 heteroatoms. The van der Waals surface area contributed by atoms with Gasteiger partial charge < -0.3 is 9.80 Å². The van der Waals surface area contributed by atoms with Gasteiger partial charge in [0.1, 0.15) is 11.9 Å². The average Bonchev–Trinajstić information content (AvgIpc) is 3.38. The van der Waals surface area contributed by atoms with Gasteiger partial charge in [-0.3, -0.25) is 9.59 Å². The minimum atomic E-state index is -0.407. The van der Waals surface area contributed by atoms with Gasteiger partial charge in [-0.2, -0.15) is 0 Å². The van der Waals surface area contributed by atoms with Crippen LogP contribution in [-0.2, 0) is 4.79 Å². The SMILES string of the molecule is O=C(C1CCCCN1C(=O)c1cc(-c2ccc(F)cc2)nc2ccccc12)N1CCCC1. The van der Waals surface area contributed by atoms with Gasteiger partial charge in [0, 0.05) is 30.6 Å². The normalized spacial score (nSPS) is 18.8. The molecule has 2 amide bonds. The molecule has 2 fully saturated rings. The van der Waals surface area contributed by atoms with Crippen LogP contribution >= 0.6 is 0 Å². The molecule has 2 saturated heterocycles. The molecule has 2 aliphatic heterocycles. The Morgan fingerprint density at radius 1 is 0.906 bits per heavy atom. The van der Waals surface area contributed by atoms with E-state index in [0.717, 1.165) is 49.7 Å².